The van der Waals surface area contributed by atoms with E-state index in [9.17, 15) is 14.4 Å². The molecule has 2 rings (SSSR count). The highest BCUT2D eigenvalue weighted by atomic mass is 16.6. The summed E-state index contributed by atoms with van der Waals surface area (Å²) in [7, 11) is 1.25. The quantitative estimate of drug-likeness (QED) is 0.802. The molecule has 7 heteroatoms. The maximum absolute atomic E-state index is 11.9. The van der Waals surface area contributed by atoms with E-state index < -0.39 is 11.9 Å². The van der Waals surface area contributed by atoms with E-state index in [1.807, 2.05) is 0 Å². The molecule has 1 amide bonds. The predicted molar refractivity (Wildman–Crippen MR) is 79.4 cm³/mol. The summed E-state index contributed by atoms with van der Waals surface area (Å²) in [5, 5.41) is 2.60. The van der Waals surface area contributed by atoms with Crippen LogP contribution in [0, 0.1) is 5.92 Å². The van der Waals surface area contributed by atoms with Gasteiger partial charge in [0.1, 0.15) is 18.9 Å². The molecule has 0 atom stereocenters. The summed E-state index contributed by atoms with van der Waals surface area (Å²) in [5.41, 5.74) is 0. The van der Waals surface area contributed by atoms with Crippen LogP contribution in [0.25, 0.3) is 0 Å². The third-order valence-corrected chi connectivity index (χ3v) is 3.81. The normalized spacial score (nSPS) is 15.0. The fourth-order valence-electron chi connectivity index (χ4n) is 2.54. The molecule has 0 radical (unpaired) electrons. The number of carbonyl (C=O) groups excluding carboxylic acids is 3. The van der Waals surface area contributed by atoms with Crippen molar-refractivity contribution in [1.29, 1.82) is 0 Å². The highest BCUT2D eigenvalue weighted by molar-refractivity contribution is 5.86. The van der Waals surface area contributed by atoms with Crippen LogP contribution in [0.3, 0.4) is 0 Å². The standard InChI is InChI=1S/C16H21NO6/c1-21-16(20)13-8-7-12(23-13)10-22-14(18)9-17-15(19)11-5-3-2-4-6-11/h7-8,11H,2-6,9-10H2,1H3,(H,17,19). The lowest BCUT2D eigenvalue weighted by molar-refractivity contribution is -0.146. The number of hydrogen-bond donors (Lipinski definition) is 1. The van der Waals surface area contributed by atoms with Gasteiger partial charge in [0.05, 0.1) is 7.11 Å². The molecule has 0 unspecified atom stereocenters. The third-order valence-electron chi connectivity index (χ3n) is 3.81. The minimum absolute atomic E-state index is 0.00392. The molecule has 0 aliphatic heterocycles. The van der Waals surface area contributed by atoms with E-state index in [-0.39, 0.29) is 30.7 Å². The first kappa shape index (κ1) is 17.1. The van der Waals surface area contributed by atoms with Crippen molar-refractivity contribution in [3.63, 3.8) is 0 Å². The van der Waals surface area contributed by atoms with Crippen molar-refractivity contribution < 1.29 is 28.3 Å². The second-order valence-corrected chi connectivity index (χ2v) is 5.47. The van der Waals surface area contributed by atoms with Gasteiger partial charge in [-0.1, -0.05) is 19.3 Å². The summed E-state index contributed by atoms with van der Waals surface area (Å²) in [6, 6.07) is 2.97. The van der Waals surface area contributed by atoms with Gasteiger partial charge in [0, 0.05) is 5.92 Å². The van der Waals surface area contributed by atoms with Crippen molar-refractivity contribution >= 4 is 17.8 Å². The predicted octanol–water partition coefficient (Wildman–Crippen LogP) is 1.81. The Labute approximate surface area is 134 Å². The van der Waals surface area contributed by atoms with Gasteiger partial charge in [0.25, 0.3) is 0 Å². The molecule has 1 fully saturated rings. The van der Waals surface area contributed by atoms with Crippen molar-refractivity contribution in [2.45, 2.75) is 38.7 Å². The van der Waals surface area contributed by atoms with Crippen LogP contribution >= 0.6 is 0 Å². The van der Waals surface area contributed by atoms with E-state index in [4.69, 9.17) is 9.15 Å². The number of methoxy groups -OCH3 is 1. The third kappa shape index (κ3) is 5.12. The van der Waals surface area contributed by atoms with E-state index in [2.05, 4.69) is 10.1 Å². The fourth-order valence-corrected chi connectivity index (χ4v) is 2.54. The average Bonchev–Trinajstić information content (AvgIpc) is 3.07. The van der Waals surface area contributed by atoms with Gasteiger partial charge in [-0.3, -0.25) is 9.59 Å². The fraction of sp³-hybridized carbons (Fsp3) is 0.562. The Morgan fingerprint density at radius 2 is 1.96 bits per heavy atom. The second kappa shape index (κ2) is 8.36. The average molecular weight is 323 g/mol. The van der Waals surface area contributed by atoms with E-state index in [1.54, 1.807) is 0 Å². The summed E-state index contributed by atoms with van der Waals surface area (Å²) in [6.07, 6.45) is 5.04. The lowest BCUT2D eigenvalue weighted by Crippen LogP contribution is -2.36. The SMILES string of the molecule is COC(=O)c1ccc(COC(=O)CNC(=O)C2CCCCC2)o1. The van der Waals surface area contributed by atoms with Crippen LogP contribution in [-0.2, 0) is 25.7 Å². The molecule has 0 saturated heterocycles. The number of esters is 2. The number of rotatable bonds is 6. The number of hydrogen-bond acceptors (Lipinski definition) is 6. The molecule has 1 aromatic rings. The Morgan fingerprint density at radius 3 is 2.65 bits per heavy atom. The monoisotopic (exact) mass is 323 g/mol. The second-order valence-electron chi connectivity index (χ2n) is 5.47. The molecule has 1 saturated carbocycles. The van der Waals surface area contributed by atoms with Crippen molar-refractivity contribution in [2.75, 3.05) is 13.7 Å². The summed E-state index contributed by atoms with van der Waals surface area (Å²) < 4.78 is 14.7. The Morgan fingerprint density at radius 1 is 1.22 bits per heavy atom. The van der Waals surface area contributed by atoms with Crippen LogP contribution < -0.4 is 5.32 Å². The van der Waals surface area contributed by atoms with E-state index in [0.29, 0.717) is 5.76 Å². The molecule has 1 aliphatic rings. The molecular formula is C16H21NO6. The highest BCUT2D eigenvalue weighted by Crippen LogP contribution is 2.23. The number of ether oxygens (including phenoxy) is 2. The number of amides is 1. The lowest BCUT2D eigenvalue weighted by Gasteiger charge is -2.20. The zero-order chi connectivity index (χ0) is 16.7. The minimum atomic E-state index is -0.595. The van der Waals surface area contributed by atoms with Gasteiger partial charge >= 0.3 is 11.9 Å². The molecule has 0 bridgehead atoms. The van der Waals surface area contributed by atoms with Crippen LogP contribution in [0.2, 0.25) is 0 Å². The lowest BCUT2D eigenvalue weighted by atomic mass is 9.89. The number of furan rings is 1. The van der Waals surface area contributed by atoms with Crippen LogP contribution in [0.4, 0.5) is 0 Å². The van der Waals surface area contributed by atoms with Crippen molar-refractivity contribution in [2.24, 2.45) is 5.92 Å². The minimum Gasteiger partial charge on any atom is -0.463 e. The Hall–Kier alpha value is -2.31. The number of carbonyl (C=O) groups is 3. The Bertz CT molecular complexity index is 559. The molecule has 0 aromatic carbocycles. The first-order valence-electron chi connectivity index (χ1n) is 7.70. The molecule has 1 aliphatic carbocycles. The van der Waals surface area contributed by atoms with Crippen LogP contribution in [-0.4, -0.2) is 31.5 Å². The Balaban J connectivity index is 1.69. The van der Waals surface area contributed by atoms with Crippen LogP contribution in [0.5, 0.6) is 0 Å². The molecule has 126 valence electrons. The van der Waals surface area contributed by atoms with E-state index in [0.717, 1.165) is 25.7 Å². The maximum atomic E-state index is 11.9. The first-order chi connectivity index (χ1) is 11.1. The molecular weight excluding hydrogens is 302 g/mol. The zero-order valence-corrected chi connectivity index (χ0v) is 13.1. The van der Waals surface area contributed by atoms with Gasteiger partial charge in [-0.15, -0.1) is 0 Å². The van der Waals surface area contributed by atoms with Gasteiger partial charge in [-0.05, 0) is 25.0 Å². The highest BCUT2D eigenvalue weighted by Gasteiger charge is 2.21. The molecule has 1 aromatic heterocycles. The first-order valence-corrected chi connectivity index (χ1v) is 7.70. The van der Waals surface area contributed by atoms with Crippen LogP contribution in [0.1, 0.15) is 48.4 Å². The molecule has 1 N–H and O–H groups in total. The van der Waals surface area contributed by atoms with Gasteiger partial charge in [-0.25, -0.2) is 4.79 Å². The topological polar surface area (TPSA) is 94.8 Å². The molecule has 0 spiro atoms. The smallest absolute Gasteiger partial charge is 0.373 e. The van der Waals surface area contributed by atoms with Crippen LogP contribution in [0.15, 0.2) is 16.5 Å². The van der Waals surface area contributed by atoms with Gasteiger partial charge in [0.2, 0.25) is 11.7 Å². The summed E-state index contributed by atoms with van der Waals surface area (Å²) >= 11 is 0. The largest absolute Gasteiger partial charge is 0.463 e. The van der Waals surface area contributed by atoms with Gasteiger partial charge in [-0.2, -0.15) is 0 Å². The summed E-state index contributed by atoms with van der Waals surface area (Å²) in [6.45, 7) is -0.269. The number of nitrogens with one attached hydrogen (secondary N) is 1. The zero-order valence-electron chi connectivity index (χ0n) is 13.1. The van der Waals surface area contributed by atoms with E-state index >= 15 is 0 Å². The molecule has 1 heterocycles. The van der Waals surface area contributed by atoms with Gasteiger partial charge < -0.3 is 19.2 Å². The summed E-state index contributed by atoms with van der Waals surface area (Å²) in [4.78, 5) is 34.8. The maximum Gasteiger partial charge on any atom is 0.373 e. The van der Waals surface area contributed by atoms with Gasteiger partial charge in [0.15, 0.2) is 0 Å². The summed E-state index contributed by atoms with van der Waals surface area (Å²) in [5.74, 6) is -0.856. The van der Waals surface area contributed by atoms with Crippen molar-refractivity contribution in [3.8, 4) is 0 Å². The molecule has 7 nitrogen and oxygen atoms in total. The van der Waals surface area contributed by atoms with E-state index in [1.165, 1.54) is 25.7 Å². The van der Waals surface area contributed by atoms with Crippen molar-refractivity contribution in [1.82, 2.24) is 5.32 Å². The molecule has 23 heavy (non-hydrogen) atoms. The Kier molecular flexibility index (Phi) is 6.19. The van der Waals surface area contributed by atoms with Crippen molar-refractivity contribution in [3.05, 3.63) is 23.7 Å².